The number of carbonyl (C=O) groups is 2. The Bertz CT molecular complexity index is 612. The van der Waals surface area contributed by atoms with Crippen LogP contribution in [0.5, 0.6) is 0 Å². The van der Waals surface area contributed by atoms with E-state index in [0.717, 1.165) is 39.0 Å². The molecular weight excluding hydrogens is 350 g/mol. The number of ether oxygens (including phenoxy) is 1. The first-order valence-corrected chi connectivity index (χ1v) is 10.3. The van der Waals surface area contributed by atoms with Crippen LogP contribution in [0, 0.1) is 0 Å². The fraction of sp³-hybridized carbons (Fsp3) is 0.684. The lowest BCUT2D eigenvalue weighted by Gasteiger charge is -2.38. The molecule has 2 aliphatic rings. The van der Waals surface area contributed by atoms with Gasteiger partial charge in [0, 0.05) is 32.2 Å². The van der Waals surface area contributed by atoms with E-state index in [0.29, 0.717) is 4.88 Å². The number of hydrogen-bond acceptors (Lipinski definition) is 5. The number of thiophene rings is 1. The minimum Gasteiger partial charge on any atom is -0.373 e. The maximum absolute atomic E-state index is 12.9. The van der Waals surface area contributed by atoms with Crippen LogP contribution in [-0.4, -0.2) is 72.1 Å². The van der Waals surface area contributed by atoms with Crippen LogP contribution in [0.4, 0.5) is 0 Å². The smallest absolute Gasteiger partial charge is 0.261 e. The zero-order valence-corrected chi connectivity index (χ0v) is 16.6. The second-order valence-corrected chi connectivity index (χ2v) is 8.42. The standard InChI is InChI=1S/C19H29N3O3S/c1-13-10-21(11-14(2)25-13)12-16-6-4-8-22(16)19(24)15(3)20-18(23)17-7-5-9-26-17/h5,7,9,13-16H,4,6,8,10-12H2,1-3H3,(H,20,23)/t13-,14-,15+,16+/m1/s1. The predicted molar refractivity (Wildman–Crippen MR) is 102 cm³/mol. The summed E-state index contributed by atoms with van der Waals surface area (Å²) in [5.41, 5.74) is 0. The molecule has 4 atom stereocenters. The van der Waals surface area contributed by atoms with Gasteiger partial charge in [0.2, 0.25) is 5.91 Å². The zero-order valence-electron chi connectivity index (χ0n) is 15.8. The van der Waals surface area contributed by atoms with E-state index >= 15 is 0 Å². The van der Waals surface area contributed by atoms with Crippen LogP contribution >= 0.6 is 11.3 Å². The molecule has 2 saturated heterocycles. The predicted octanol–water partition coefficient (Wildman–Crippen LogP) is 1.97. The van der Waals surface area contributed by atoms with E-state index in [1.54, 1.807) is 13.0 Å². The van der Waals surface area contributed by atoms with Gasteiger partial charge in [-0.3, -0.25) is 14.5 Å². The van der Waals surface area contributed by atoms with Crippen molar-refractivity contribution in [2.45, 2.75) is 57.9 Å². The van der Waals surface area contributed by atoms with Gasteiger partial charge in [-0.1, -0.05) is 6.07 Å². The molecule has 2 aliphatic heterocycles. The minimum atomic E-state index is -0.507. The van der Waals surface area contributed by atoms with Gasteiger partial charge >= 0.3 is 0 Å². The molecule has 0 saturated carbocycles. The van der Waals surface area contributed by atoms with Crippen LogP contribution in [-0.2, 0) is 9.53 Å². The Hall–Kier alpha value is -1.44. The number of likely N-dealkylation sites (tertiary alicyclic amines) is 1. The molecule has 3 rings (SSSR count). The highest BCUT2D eigenvalue weighted by Gasteiger charge is 2.34. The van der Waals surface area contributed by atoms with Gasteiger partial charge in [0.15, 0.2) is 0 Å². The van der Waals surface area contributed by atoms with Gasteiger partial charge in [-0.05, 0) is 45.1 Å². The van der Waals surface area contributed by atoms with Gasteiger partial charge in [0.05, 0.1) is 17.1 Å². The maximum atomic E-state index is 12.9. The number of morpholine rings is 1. The molecule has 0 aliphatic carbocycles. The maximum Gasteiger partial charge on any atom is 0.261 e. The third-order valence-corrected chi connectivity index (χ3v) is 5.96. The summed E-state index contributed by atoms with van der Waals surface area (Å²) in [4.78, 5) is 30.1. The van der Waals surface area contributed by atoms with Gasteiger partial charge in [-0.25, -0.2) is 0 Å². The zero-order chi connectivity index (χ0) is 18.7. The molecule has 1 N–H and O–H groups in total. The molecule has 26 heavy (non-hydrogen) atoms. The number of amides is 2. The average Bonchev–Trinajstić information content (AvgIpc) is 3.24. The Morgan fingerprint density at radius 2 is 2.08 bits per heavy atom. The molecule has 2 amide bonds. The minimum absolute atomic E-state index is 0.0202. The molecule has 3 heterocycles. The molecule has 0 spiro atoms. The molecular formula is C19H29N3O3S. The molecule has 2 fully saturated rings. The molecule has 144 valence electrons. The average molecular weight is 380 g/mol. The summed E-state index contributed by atoms with van der Waals surface area (Å²) in [7, 11) is 0. The summed E-state index contributed by atoms with van der Waals surface area (Å²) in [6.07, 6.45) is 2.51. The molecule has 1 aromatic heterocycles. The van der Waals surface area contributed by atoms with Crippen LogP contribution in [0.15, 0.2) is 17.5 Å². The van der Waals surface area contributed by atoms with E-state index in [2.05, 4.69) is 24.1 Å². The van der Waals surface area contributed by atoms with Crippen LogP contribution in [0.2, 0.25) is 0 Å². The van der Waals surface area contributed by atoms with Gasteiger partial charge < -0.3 is 15.0 Å². The Labute approximate surface area is 159 Å². The Balaban J connectivity index is 1.56. The number of nitrogens with one attached hydrogen (secondary N) is 1. The lowest BCUT2D eigenvalue weighted by atomic mass is 10.1. The van der Waals surface area contributed by atoms with Crippen molar-refractivity contribution >= 4 is 23.2 Å². The second-order valence-electron chi connectivity index (χ2n) is 7.48. The number of hydrogen-bond donors (Lipinski definition) is 1. The monoisotopic (exact) mass is 379 g/mol. The van der Waals surface area contributed by atoms with Crippen molar-refractivity contribution in [1.82, 2.24) is 15.1 Å². The third-order valence-electron chi connectivity index (χ3n) is 5.09. The highest BCUT2D eigenvalue weighted by Crippen LogP contribution is 2.21. The molecule has 0 bridgehead atoms. The van der Waals surface area contributed by atoms with Gasteiger partial charge in [0.25, 0.3) is 5.91 Å². The summed E-state index contributed by atoms with van der Waals surface area (Å²) in [6, 6.07) is 3.33. The Morgan fingerprint density at radius 3 is 2.73 bits per heavy atom. The first kappa shape index (κ1) is 19.3. The first-order chi connectivity index (χ1) is 12.4. The molecule has 1 aromatic rings. The summed E-state index contributed by atoms with van der Waals surface area (Å²) in [5.74, 6) is -0.154. The van der Waals surface area contributed by atoms with Gasteiger partial charge in [-0.2, -0.15) is 0 Å². The summed E-state index contributed by atoms with van der Waals surface area (Å²) < 4.78 is 5.80. The fourth-order valence-electron chi connectivity index (χ4n) is 4.03. The van der Waals surface area contributed by atoms with Crippen molar-refractivity contribution in [3.8, 4) is 0 Å². The van der Waals surface area contributed by atoms with Gasteiger partial charge in [0.1, 0.15) is 6.04 Å². The highest BCUT2D eigenvalue weighted by molar-refractivity contribution is 7.12. The Morgan fingerprint density at radius 1 is 1.35 bits per heavy atom. The van der Waals surface area contributed by atoms with E-state index in [9.17, 15) is 9.59 Å². The van der Waals surface area contributed by atoms with Crippen LogP contribution in [0.1, 0.15) is 43.3 Å². The van der Waals surface area contributed by atoms with Crippen LogP contribution in [0.3, 0.4) is 0 Å². The van der Waals surface area contributed by atoms with E-state index < -0.39 is 6.04 Å². The largest absolute Gasteiger partial charge is 0.373 e. The van der Waals surface area contributed by atoms with Crippen molar-refractivity contribution in [3.05, 3.63) is 22.4 Å². The van der Waals surface area contributed by atoms with Crippen molar-refractivity contribution in [3.63, 3.8) is 0 Å². The molecule has 6 nitrogen and oxygen atoms in total. The number of rotatable bonds is 5. The van der Waals surface area contributed by atoms with E-state index in [-0.39, 0.29) is 30.1 Å². The van der Waals surface area contributed by atoms with Crippen molar-refractivity contribution in [2.24, 2.45) is 0 Å². The normalized spacial score (nSPS) is 28.1. The summed E-state index contributed by atoms with van der Waals surface area (Å²) in [6.45, 7) is 9.46. The highest BCUT2D eigenvalue weighted by atomic mass is 32.1. The number of nitrogens with zero attached hydrogens (tertiary/aromatic N) is 2. The fourth-order valence-corrected chi connectivity index (χ4v) is 4.66. The number of carbonyl (C=O) groups excluding carboxylic acids is 2. The molecule has 0 radical (unpaired) electrons. The topological polar surface area (TPSA) is 61.9 Å². The van der Waals surface area contributed by atoms with Crippen molar-refractivity contribution in [2.75, 3.05) is 26.2 Å². The van der Waals surface area contributed by atoms with E-state index in [4.69, 9.17) is 4.74 Å². The lowest BCUT2D eigenvalue weighted by molar-refractivity contribution is -0.134. The quantitative estimate of drug-likeness (QED) is 0.850. The summed E-state index contributed by atoms with van der Waals surface area (Å²) >= 11 is 1.39. The van der Waals surface area contributed by atoms with E-state index in [1.165, 1.54) is 11.3 Å². The van der Waals surface area contributed by atoms with E-state index in [1.807, 2.05) is 16.3 Å². The molecule has 7 heteroatoms. The third kappa shape index (κ3) is 4.64. The molecule has 0 aromatic carbocycles. The van der Waals surface area contributed by atoms with Crippen molar-refractivity contribution in [1.29, 1.82) is 0 Å². The first-order valence-electron chi connectivity index (χ1n) is 9.46. The van der Waals surface area contributed by atoms with Crippen LogP contribution in [0.25, 0.3) is 0 Å². The van der Waals surface area contributed by atoms with Crippen LogP contribution < -0.4 is 5.32 Å². The summed E-state index contributed by atoms with van der Waals surface area (Å²) in [5, 5.41) is 4.71. The molecule has 0 unspecified atom stereocenters. The van der Waals surface area contributed by atoms with Gasteiger partial charge in [-0.15, -0.1) is 11.3 Å². The second kappa shape index (κ2) is 8.50. The Kier molecular flexibility index (Phi) is 6.32. The van der Waals surface area contributed by atoms with Crippen molar-refractivity contribution < 1.29 is 14.3 Å². The SMILES string of the molecule is C[C@@H]1CN(C[C@@H]2CCCN2C(=O)[C@H](C)NC(=O)c2cccs2)C[C@@H](C)O1. The lowest BCUT2D eigenvalue weighted by Crippen LogP contribution is -2.53.